The number of ketones is 1. The van der Waals surface area contributed by atoms with E-state index < -0.39 is 60.4 Å². The van der Waals surface area contributed by atoms with E-state index in [4.69, 9.17) is 69.6 Å². The highest BCUT2D eigenvalue weighted by Crippen LogP contribution is 2.77. The number of hydrogen-bond acceptors (Lipinski definition) is 6. The molecule has 2 fully saturated rings. The highest BCUT2D eigenvalue weighted by Gasteiger charge is 2.88. The molecule has 0 unspecified atom stereocenters. The van der Waals surface area contributed by atoms with Crippen molar-refractivity contribution in [3.8, 4) is 0 Å². The molecule has 3 amide bonds. The van der Waals surface area contributed by atoms with E-state index in [2.05, 4.69) is 0 Å². The predicted molar refractivity (Wildman–Crippen MR) is 153 cm³/mol. The molecule has 0 aromatic heterocycles. The highest BCUT2D eigenvalue weighted by atomic mass is 35.5. The summed E-state index contributed by atoms with van der Waals surface area (Å²) in [6.45, 7) is 1.58. The van der Waals surface area contributed by atoms with Crippen LogP contribution in [0.1, 0.15) is 34.1 Å². The van der Waals surface area contributed by atoms with Crippen molar-refractivity contribution in [3.05, 3.63) is 85.9 Å². The summed E-state index contributed by atoms with van der Waals surface area (Å²) in [5.41, 5.74) is -0.241. The molecule has 41 heavy (non-hydrogen) atoms. The van der Waals surface area contributed by atoms with Crippen molar-refractivity contribution >= 4 is 98.8 Å². The lowest BCUT2D eigenvalue weighted by molar-refractivity contribution is -0.384. The van der Waals surface area contributed by atoms with Crippen LogP contribution in [0.15, 0.2) is 64.7 Å². The molecular weight excluding hydrogens is 663 g/mol. The third-order valence-corrected chi connectivity index (χ3v) is 11.9. The normalized spacial score (nSPS) is 28.6. The molecule has 1 heterocycles. The lowest BCUT2D eigenvalue weighted by atomic mass is 9.84. The third kappa shape index (κ3) is 3.83. The van der Waals surface area contributed by atoms with Crippen molar-refractivity contribution in [2.45, 2.75) is 33.5 Å². The zero-order chi connectivity index (χ0) is 30.2. The minimum Gasteiger partial charge on any atom is -0.292 e. The van der Waals surface area contributed by atoms with E-state index in [-0.39, 0.29) is 33.3 Å². The summed E-state index contributed by atoms with van der Waals surface area (Å²) >= 11 is 39.5. The number of nitro groups is 1. The van der Waals surface area contributed by atoms with Crippen molar-refractivity contribution in [1.29, 1.82) is 0 Å². The molecule has 1 aliphatic heterocycles. The van der Waals surface area contributed by atoms with Gasteiger partial charge in [0.2, 0.25) is 0 Å². The average molecular weight is 680 g/mol. The minimum atomic E-state index is -2.19. The van der Waals surface area contributed by atoms with Crippen molar-refractivity contribution in [2.24, 2.45) is 11.8 Å². The van der Waals surface area contributed by atoms with Gasteiger partial charge < -0.3 is 0 Å². The number of nitro benzene ring substituents is 1. The Kier molecular flexibility index (Phi) is 7.41. The Morgan fingerprint density at radius 3 is 1.83 bits per heavy atom. The first-order valence-corrected chi connectivity index (χ1v) is 14.3. The molecule has 3 aliphatic rings. The summed E-state index contributed by atoms with van der Waals surface area (Å²) in [7, 11) is 0. The average Bonchev–Trinajstić information content (AvgIpc) is 3.34. The molecule has 1 saturated heterocycles. The fourth-order valence-electron chi connectivity index (χ4n) is 5.69. The van der Waals surface area contributed by atoms with E-state index in [0.717, 1.165) is 29.3 Å². The molecule has 0 spiro atoms. The van der Waals surface area contributed by atoms with Crippen LogP contribution in [0.2, 0.25) is 0 Å². The Morgan fingerprint density at radius 2 is 1.39 bits per heavy atom. The maximum absolute atomic E-state index is 14.1. The van der Waals surface area contributed by atoms with Crippen LogP contribution in [0.3, 0.4) is 0 Å². The monoisotopic (exact) mass is 677 g/mol. The van der Waals surface area contributed by atoms with Gasteiger partial charge in [-0.1, -0.05) is 83.7 Å². The Bertz CT molecular complexity index is 1500. The van der Waals surface area contributed by atoms with Gasteiger partial charge in [0, 0.05) is 23.3 Å². The van der Waals surface area contributed by atoms with Crippen LogP contribution in [-0.2, 0) is 9.59 Å². The number of hydrazine groups is 1. The second-order valence-electron chi connectivity index (χ2n) is 9.68. The number of amides is 3. The number of halogens is 6. The summed E-state index contributed by atoms with van der Waals surface area (Å²) in [5, 5.41) is 11.8. The number of alkyl halides is 4. The van der Waals surface area contributed by atoms with E-state index >= 15 is 0 Å². The largest absolute Gasteiger partial charge is 0.292 e. The van der Waals surface area contributed by atoms with Crippen LogP contribution >= 0.6 is 69.6 Å². The maximum Gasteiger partial charge on any atom is 0.273 e. The second kappa shape index (κ2) is 10.1. The number of rotatable bonds is 7. The molecule has 2 aromatic carbocycles. The number of non-ortho nitro benzene ring substituents is 1. The minimum absolute atomic E-state index is 0.0361. The van der Waals surface area contributed by atoms with Crippen molar-refractivity contribution in [3.63, 3.8) is 0 Å². The summed E-state index contributed by atoms with van der Waals surface area (Å²) < 4.78 is -2.19. The number of hydrogen-bond donors (Lipinski definition) is 0. The van der Waals surface area contributed by atoms with Crippen LogP contribution in [-0.4, -0.2) is 58.6 Å². The van der Waals surface area contributed by atoms with E-state index in [1.54, 1.807) is 25.1 Å². The topological polar surface area (TPSA) is 118 Å². The Hall–Kier alpha value is -2.40. The number of imide groups is 1. The van der Waals surface area contributed by atoms with Crippen molar-refractivity contribution in [2.75, 3.05) is 0 Å². The third-order valence-electron chi connectivity index (χ3n) is 7.68. The zero-order valence-corrected chi connectivity index (χ0v) is 25.2. The number of carbonyl (C=O) groups excluding carboxylic acids is 4. The smallest absolute Gasteiger partial charge is 0.273 e. The standard InChI is InChI=1S/C26H17Cl6N3O6/c1-2-15(18(36)12-6-4-3-5-7-12)33(21(37)13-8-10-14(11-9-13)35(40)41)34-22(38)16-17(23(34)39)25(30)20(28)19(27)24(16,29)26(25,31)32/h3-11,15-17H,2H2,1H3/t15-,16-,17-,24-,25-/m1/s1. The zero-order valence-electron chi connectivity index (χ0n) is 20.7. The molecule has 2 aliphatic carbocycles. The van der Waals surface area contributed by atoms with Crippen LogP contribution in [0, 0.1) is 22.0 Å². The molecule has 9 nitrogen and oxygen atoms in total. The van der Waals surface area contributed by atoms with Gasteiger partial charge in [-0.3, -0.25) is 29.3 Å². The first-order chi connectivity index (χ1) is 19.2. The molecule has 0 radical (unpaired) electrons. The van der Waals surface area contributed by atoms with Gasteiger partial charge in [-0.2, -0.15) is 5.01 Å². The van der Waals surface area contributed by atoms with E-state index in [0.29, 0.717) is 5.01 Å². The number of Topliss-reactive ketones (excluding diaryl/α,β-unsaturated/α-hetero) is 1. The molecule has 2 aromatic rings. The molecule has 0 N–H and O–H groups in total. The fourth-order valence-corrected chi connectivity index (χ4v) is 8.62. The van der Waals surface area contributed by atoms with E-state index in [1.165, 1.54) is 12.1 Å². The lowest BCUT2D eigenvalue weighted by Gasteiger charge is -2.39. The van der Waals surface area contributed by atoms with Gasteiger partial charge in [-0.25, -0.2) is 5.01 Å². The molecular formula is C26H17Cl6N3O6. The summed E-state index contributed by atoms with van der Waals surface area (Å²) in [6, 6.07) is 11.0. The Balaban J connectivity index is 1.66. The number of nitrogens with zero attached hydrogens (tertiary/aromatic N) is 3. The summed E-state index contributed by atoms with van der Waals surface area (Å²) in [4.78, 5) is 62.2. The van der Waals surface area contributed by atoms with Gasteiger partial charge in [-0.05, 0) is 18.6 Å². The number of fused-ring (bicyclic) bond motifs is 5. The lowest BCUT2D eigenvalue weighted by Crippen LogP contribution is -2.60. The molecule has 2 bridgehead atoms. The van der Waals surface area contributed by atoms with Crippen LogP contribution < -0.4 is 0 Å². The molecule has 1 saturated carbocycles. The van der Waals surface area contributed by atoms with Crippen molar-refractivity contribution < 1.29 is 24.1 Å². The fraction of sp³-hybridized carbons (Fsp3) is 0.308. The van der Waals surface area contributed by atoms with Crippen LogP contribution in [0.25, 0.3) is 0 Å². The number of benzene rings is 2. The van der Waals surface area contributed by atoms with Gasteiger partial charge in [0.15, 0.2) is 10.1 Å². The highest BCUT2D eigenvalue weighted by molar-refractivity contribution is 6.66. The first-order valence-electron chi connectivity index (χ1n) is 12.0. The van der Waals surface area contributed by atoms with Crippen molar-refractivity contribution in [1.82, 2.24) is 10.0 Å². The quantitative estimate of drug-likeness (QED) is 0.115. The second-order valence-corrected chi connectivity index (χ2v) is 13.0. The van der Waals surface area contributed by atoms with Crippen LogP contribution in [0.4, 0.5) is 5.69 Å². The Morgan fingerprint density at radius 1 is 0.902 bits per heavy atom. The van der Waals surface area contributed by atoms with Gasteiger partial charge >= 0.3 is 0 Å². The van der Waals surface area contributed by atoms with E-state index in [9.17, 15) is 29.3 Å². The maximum atomic E-state index is 14.1. The number of carbonyl (C=O) groups is 4. The number of allylic oxidation sites excluding steroid dienone is 2. The molecule has 5 rings (SSSR count). The van der Waals surface area contributed by atoms with Gasteiger partial charge in [-0.15, -0.1) is 23.2 Å². The van der Waals surface area contributed by atoms with E-state index in [1.807, 2.05) is 0 Å². The van der Waals surface area contributed by atoms with Gasteiger partial charge in [0.1, 0.15) is 15.8 Å². The van der Waals surface area contributed by atoms with Gasteiger partial charge in [0.05, 0.1) is 26.8 Å². The first kappa shape index (κ1) is 30.1. The molecule has 15 heteroatoms. The van der Waals surface area contributed by atoms with Gasteiger partial charge in [0.25, 0.3) is 23.4 Å². The summed E-state index contributed by atoms with van der Waals surface area (Å²) in [5.74, 6) is -6.69. The SMILES string of the molecule is CC[C@H](C(=O)c1ccccc1)N(C(=O)c1ccc([N+](=O)[O-])cc1)N1C(=O)[C@H]2[C@H](C1=O)[C@@]1(Cl)C(Cl)=C(Cl)[C@@]2(Cl)C1(Cl)Cl. The summed E-state index contributed by atoms with van der Waals surface area (Å²) in [6.07, 6.45) is -0.0361. The Labute approximate surface area is 262 Å². The predicted octanol–water partition coefficient (Wildman–Crippen LogP) is 6.06. The molecule has 214 valence electrons. The molecule has 5 atom stereocenters. The van der Waals surface area contributed by atoms with Crippen LogP contribution in [0.5, 0.6) is 0 Å².